The number of nitrogens with zero attached hydrogens (tertiary/aromatic N) is 3. The van der Waals surface area contributed by atoms with Crippen molar-refractivity contribution in [1.29, 1.82) is 10.5 Å². The van der Waals surface area contributed by atoms with Crippen LogP contribution in [0.25, 0.3) is 5.69 Å². The number of sulfone groups is 1. The maximum atomic E-state index is 14.0. The Morgan fingerprint density at radius 2 is 1.86 bits per heavy atom. The normalized spacial score (nSPS) is 18.4. The molecule has 0 unspecified atom stereocenters. The van der Waals surface area contributed by atoms with Crippen molar-refractivity contribution in [2.24, 2.45) is 0 Å². The minimum Gasteiger partial charge on any atom is -0.382 e. The van der Waals surface area contributed by atoms with Crippen LogP contribution in [0.3, 0.4) is 0 Å². The van der Waals surface area contributed by atoms with E-state index in [1.54, 1.807) is 12.1 Å². The predicted octanol–water partition coefficient (Wildman–Crippen LogP) is 2.83. The van der Waals surface area contributed by atoms with Crippen LogP contribution in [0.2, 0.25) is 0 Å². The van der Waals surface area contributed by atoms with Gasteiger partial charge < -0.3 is 9.67 Å². The number of hydrogen-bond donors (Lipinski definition) is 1. The van der Waals surface area contributed by atoms with Gasteiger partial charge in [-0.15, -0.1) is 0 Å². The van der Waals surface area contributed by atoms with Crippen LogP contribution in [-0.4, -0.2) is 29.8 Å². The van der Waals surface area contributed by atoms with Gasteiger partial charge in [0.1, 0.15) is 18.2 Å². The van der Waals surface area contributed by atoms with Crippen LogP contribution in [0.5, 0.6) is 0 Å². The molecule has 1 aromatic carbocycles. The van der Waals surface area contributed by atoms with Crippen LogP contribution in [-0.2, 0) is 16.3 Å². The lowest BCUT2D eigenvalue weighted by atomic mass is 9.91. The zero-order valence-corrected chi connectivity index (χ0v) is 14.7. The number of aliphatic hydroxyl groups excluding tert-OH is 1. The number of aliphatic hydroxyl groups is 1. The summed E-state index contributed by atoms with van der Waals surface area (Å²) in [5.41, 5.74) is -0.785. The Kier molecular flexibility index (Phi) is 4.69. The molecule has 0 spiro atoms. The molecule has 0 aliphatic heterocycles. The number of fused-ring (bicyclic) bond motifs is 1. The Morgan fingerprint density at radius 1 is 1.21 bits per heavy atom. The Bertz CT molecular complexity index is 1140. The summed E-state index contributed by atoms with van der Waals surface area (Å²) in [6.45, 7) is 0. The summed E-state index contributed by atoms with van der Waals surface area (Å²) in [7, 11) is -5.28. The lowest BCUT2D eigenvalue weighted by Gasteiger charge is -2.29. The van der Waals surface area contributed by atoms with Gasteiger partial charge in [-0.05, 0) is 24.6 Å². The first-order valence-electron chi connectivity index (χ1n) is 7.81. The number of halogens is 4. The van der Waals surface area contributed by atoms with Crippen LogP contribution in [0.4, 0.5) is 17.6 Å². The predicted molar refractivity (Wildman–Crippen MR) is 86.6 cm³/mol. The molecule has 28 heavy (non-hydrogen) atoms. The molecule has 3 rings (SSSR count). The van der Waals surface area contributed by atoms with E-state index in [0.717, 1.165) is 10.8 Å². The molecule has 146 valence electrons. The first-order valence-corrected chi connectivity index (χ1v) is 9.36. The van der Waals surface area contributed by atoms with Crippen molar-refractivity contribution in [3.8, 4) is 17.8 Å². The van der Waals surface area contributed by atoms with Crippen molar-refractivity contribution in [3.63, 3.8) is 0 Å². The second kappa shape index (κ2) is 6.62. The fourth-order valence-corrected chi connectivity index (χ4v) is 4.12. The van der Waals surface area contributed by atoms with Crippen molar-refractivity contribution in [1.82, 2.24) is 4.57 Å². The average molecular weight is 413 g/mol. The highest BCUT2D eigenvalue weighted by Crippen LogP contribution is 2.46. The van der Waals surface area contributed by atoms with Gasteiger partial charge >= 0.3 is 5.76 Å². The van der Waals surface area contributed by atoms with Gasteiger partial charge in [0.15, 0.2) is 0 Å². The van der Waals surface area contributed by atoms with Crippen molar-refractivity contribution >= 4 is 9.84 Å². The van der Waals surface area contributed by atoms with Gasteiger partial charge in [-0.3, -0.25) is 0 Å². The second-order valence-electron chi connectivity index (χ2n) is 6.15. The van der Waals surface area contributed by atoms with Gasteiger partial charge in [-0.25, -0.2) is 17.2 Å². The van der Waals surface area contributed by atoms with Gasteiger partial charge in [0.05, 0.1) is 16.0 Å². The van der Waals surface area contributed by atoms with E-state index < -0.39 is 44.5 Å². The van der Waals surface area contributed by atoms with E-state index in [0.29, 0.717) is 0 Å². The molecule has 0 saturated heterocycles. The summed E-state index contributed by atoms with van der Waals surface area (Å²) in [5.74, 6) is -7.56. The minimum absolute atomic E-state index is 0.0271. The van der Waals surface area contributed by atoms with Gasteiger partial charge in [0, 0.05) is 29.6 Å². The maximum Gasteiger partial charge on any atom is 0.341 e. The number of hydrogen-bond acceptors (Lipinski definition) is 5. The summed E-state index contributed by atoms with van der Waals surface area (Å²) < 4.78 is 79.2. The first-order chi connectivity index (χ1) is 13.0. The summed E-state index contributed by atoms with van der Waals surface area (Å²) in [5, 5.41) is 28.1. The van der Waals surface area contributed by atoms with E-state index in [1.165, 1.54) is 18.2 Å². The Hall–Kier alpha value is -2.89. The van der Waals surface area contributed by atoms with Gasteiger partial charge in [0.2, 0.25) is 9.84 Å². The highest BCUT2D eigenvalue weighted by Gasteiger charge is 2.48. The SMILES string of the molecule is N#Cc1ccc(-n2cc(S(=O)(=O)C(F)F)c3c2CCC(F)(F)[C@H]3O)cc1C#N. The van der Waals surface area contributed by atoms with E-state index in [1.807, 2.05) is 0 Å². The highest BCUT2D eigenvalue weighted by atomic mass is 32.2. The smallest absolute Gasteiger partial charge is 0.341 e. The topological polar surface area (TPSA) is 107 Å². The van der Waals surface area contributed by atoms with Crippen LogP contribution < -0.4 is 0 Å². The van der Waals surface area contributed by atoms with Gasteiger partial charge in [-0.2, -0.15) is 19.3 Å². The zero-order chi connectivity index (χ0) is 20.9. The van der Waals surface area contributed by atoms with Gasteiger partial charge in [0.25, 0.3) is 5.92 Å². The third kappa shape index (κ3) is 2.93. The molecular weight excluding hydrogens is 402 g/mol. The Morgan fingerprint density at radius 3 is 2.43 bits per heavy atom. The fraction of sp³-hybridized carbons (Fsp3) is 0.294. The van der Waals surface area contributed by atoms with Crippen molar-refractivity contribution < 1.29 is 31.1 Å². The number of benzene rings is 1. The molecule has 0 fully saturated rings. The molecule has 0 saturated carbocycles. The molecule has 1 N–H and O–H groups in total. The number of alkyl halides is 4. The van der Waals surface area contributed by atoms with E-state index in [9.17, 15) is 31.1 Å². The molecule has 1 atom stereocenters. The van der Waals surface area contributed by atoms with Crippen LogP contribution >= 0.6 is 0 Å². The minimum atomic E-state index is -5.28. The lowest BCUT2D eigenvalue weighted by molar-refractivity contribution is -0.123. The molecule has 0 radical (unpaired) electrons. The first kappa shape index (κ1) is 19.9. The van der Waals surface area contributed by atoms with Crippen molar-refractivity contribution in [2.75, 3.05) is 0 Å². The molecule has 11 heteroatoms. The second-order valence-corrected chi connectivity index (χ2v) is 8.03. The molecule has 0 bridgehead atoms. The van der Waals surface area contributed by atoms with E-state index in [-0.39, 0.29) is 28.9 Å². The van der Waals surface area contributed by atoms with Crippen LogP contribution in [0, 0.1) is 22.7 Å². The number of rotatable bonds is 3. The van der Waals surface area contributed by atoms with E-state index in [2.05, 4.69) is 0 Å². The lowest BCUT2D eigenvalue weighted by Crippen LogP contribution is -2.33. The molecule has 1 aromatic heterocycles. The Balaban J connectivity index is 2.32. The van der Waals surface area contributed by atoms with Crippen LogP contribution in [0.15, 0.2) is 29.3 Å². The molecule has 1 aliphatic carbocycles. The third-order valence-electron chi connectivity index (χ3n) is 4.55. The fourth-order valence-electron chi connectivity index (χ4n) is 3.14. The summed E-state index contributed by atoms with van der Waals surface area (Å²) in [4.78, 5) is -1.09. The maximum absolute atomic E-state index is 14.0. The standard InChI is InChI=1S/C17H11F4N3O3S/c18-16(19)28(26,27)13-8-24(11-2-1-9(6-22)10(5-11)7-23)12-3-4-17(20,21)15(25)14(12)13/h1-2,5,8,15-16,25H,3-4H2/t15-/m0/s1. The van der Waals surface area contributed by atoms with E-state index >= 15 is 0 Å². The molecule has 1 aliphatic rings. The quantitative estimate of drug-likeness (QED) is 0.779. The summed E-state index contributed by atoms with van der Waals surface area (Å²) >= 11 is 0. The third-order valence-corrected chi connectivity index (χ3v) is 5.95. The highest BCUT2D eigenvalue weighted by molar-refractivity contribution is 7.91. The summed E-state index contributed by atoms with van der Waals surface area (Å²) in [6.07, 6.45) is -3.05. The molecule has 1 heterocycles. The molecule has 0 amide bonds. The molecule has 6 nitrogen and oxygen atoms in total. The monoisotopic (exact) mass is 413 g/mol. The van der Waals surface area contributed by atoms with Crippen molar-refractivity contribution in [2.45, 2.75) is 35.5 Å². The van der Waals surface area contributed by atoms with E-state index in [4.69, 9.17) is 10.5 Å². The largest absolute Gasteiger partial charge is 0.382 e. The molecular formula is C17H11F4N3O3S. The van der Waals surface area contributed by atoms with Crippen molar-refractivity contribution in [3.05, 3.63) is 46.8 Å². The Labute approximate surface area is 156 Å². The van der Waals surface area contributed by atoms with Crippen LogP contribution in [0.1, 0.15) is 34.9 Å². The number of aromatic nitrogens is 1. The number of nitriles is 2. The van der Waals surface area contributed by atoms with Gasteiger partial charge in [-0.1, -0.05) is 0 Å². The zero-order valence-electron chi connectivity index (χ0n) is 13.9. The summed E-state index contributed by atoms with van der Waals surface area (Å²) in [6, 6.07) is 7.34. The average Bonchev–Trinajstić information content (AvgIpc) is 3.05. The molecule has 2 aromatic rings.